The van der Waals surface area contributed by atoms with E-state index in [9.17, 15) is 0 Å². The van der Waals surface area contributed by atoms with E-state index < -0.39 is 0 Å². The lowest BCUT2D eigenvalue weighted by Crippen LogP contribution is -2.31. The normalized spacial score (nSPS) is 36.1. The molecule has 3 rings (SSSR count). The summed E-state index contributed by atoms with van der Waals surface area (Å²) in [5.74, 6) is 3.84. The van der Waals surface area contributed by atoms with Crippen molar-refractivity contribution in [3.8, 4) is 0 Å². The maximum Gasteiger partial charge on any atom is -0.0111 e. The molecule has 134 valence electrons. The standard InChI is InChI=1S/C24H38/c1-16(2)14-22(20-8-7-13-24(5,6)15-20)18(4)23-17(3)9-12-21(23)19-10-11-19/h10,17,20-23H,1,4,7-9,11-15H2,2-3,5-6H3/t17?,20?,21-,22?,23?/m0/s1. The summed E-state index contributed by atoms with van der Waals surface area (Å²) in [5.41, 5.74) is 5.18. The van der Waals surface area contributed by atoms with Crippen molar-refractivity contribution >= 4 is 0 Å². The molecule has 2 fully saturated rings. The van der Waals surface area contributed by atoms with Gasteiger partial charge in [-0.3, -0.25) is 0 Å². The van der Waals surface area contributed by atoms with Crippen LogP contribution in [0.4, 0.5) is 0 Å². The van der Waals surface area contributed by atoms with E-state index in [-0.39, 0.29) is 0 Å². The SMILES string of the molecule is C=C(C)CC(C(=C)C1C(C)CC[C@H]1C1=CC1)C1CCCC(C)(C)C1. The Kier molecular flexibility index (Phi) is 5.14. The summed E-state index contributed by atoms with van der Waals surface area (Å²) in [5, 5.41) is 0. The van der Waals surface area contributed by atoms with Gasteiger partial charge in [-0.1, -0.05) is 56.6 Å². The Morgan fingerprint density at radius 3 is 2.54 bits per heavy atom. The van der Waals surface area contributed by atoms with Gasteiger partial charge in [0.2, 0.25) is 0 Å². The van der Waals surface area contributed by atoms with Gasteiger partial charge in [0.1, 0.15) is 0 Å². The maximum absolute atomic E-state index is 4.76. The van der Waals surface area contributed by atoms with Crippen LogP contribution in [0, 0.1) is 35.0 Å². The van der Waals surface area contributed by atoms with Crippen molar-refractivity contribution in [3.63, 3.8) is 0 Å². The van der Waals surface area contributed by atoms with Crippen molar-refractivity contribution in [2.45, 2.75) is 79.1 Å². The Labute approximate surface area is 150 Å². The second-order valence-electron chi connectivity index (χ2n) is 10.0. The van der Waals surface area contributed by atoms with Crippen LogP contribution in [0.3, 0.4) is 0 Å². The lowest BCUT2D eigenvalue weighted by molar-refractivity contribution is 0.139. The first kappa shape index (κ1) is 18.0. The molecule has 24 heavy (non-hydrogen) atoms. The Balaban J connectivity index is 1.80. The molecule has 0 bridgehead atoms. The lowest BCUT2D eigenvalue weighted by atomic mass is 9.63. The first-order chi connectivity index (χ1) is 11.3. The van der Waals surface area contributed by atoms with Crippen LogP contribution in [-0.4, -0.2) is 0 Å². The summed E-state index contributed by atoms with van der Waals surface area (Å²) in [6.45, 7) is 18.6. The van der Waals surface area contributed by atoms with Crippen LogP contribution >= 0.6 is 0 Å². The second kappa shape index (κ2) is 6.85. The number of allylic oxidation sites excluding steroid dienone is 4. The van der Waals surface area contributed by atoms with Crippen molar-refractivity contribution in [1.82, 2.24) is 0 Å². The predicted octanol–water partition coefficient (Wildman–Crippen LogP) is 7.33. The molecule has 3 aliphatic rings. The monoisotopic (exact) mass is 326 g/mol. The summed E-state index contributed by atoms with van der Waals surface area (Å²) in [7, 11) is 0. The average molecular weight is 327 g/mol. The molecule has 0 spiro atoms. The van der Waals surface area contributed by atoms with Crippen molar-refractivity contribution < 1.29 is 0 Å². The van der Waals surface area contributed by atoms with Crippen LogP contribution in [0.5, 0.6) is 0 Å². The van der Waals surface area contributed by atoms with Crippen LogP contribution in [-0.2, 0) is 0 Å². The molecule has 0 radical (unpaired) electrons. The maximum atomic E-state index is 4.76. The van der Waals surface area contributed by atoms with Gasteiger partial charge in [-0.25, -0.2) is 0 Å². The molecule has 4 unspecified atom stereocenters. The molecule has 0 N–H and O–H groups in total. The smallest absolute Gasteiger partial charge is 0.0111 e. The summed E-state index contributed by atoms with van der Waals surface area (Å²) >= 11 is 0. The largest absolute Gasteiger partial charge is 0.100 e. The molecule has 0 saturated heterocycles. The van der Waals surface area contributed by atoms with Gasteiger partial charge in [0, 0.05) is 0 Å². The van der Waals surface area contributed by atoms with E-state index >= 15 is 0 Å². The summed E-state index contributed by atoms with van der Waals surface area (Å²) < 4.78 is 0. The Hall–Kier alpha value is -0.780. The molecule has 0 amide bonds. The van der Waals surface area contributed by atoms with Gasteiger partial charge in [-0.15, -0.1) is 6.58 Å². The minimum absolute atomic E-state index is 0.510. The molecule has 3 aliphatic carbocycles. The third-order valence-corrected chi connectivity index (χ3v) is 7.18. The van der Waals surface area contributed by atoms with E-state index in [1.807, 2.05) is 0 Å². The van der Waals surface area contributed by atoms with E-state index in [0.29, 0.717) is 11.3 Å². The molecular formula is C24H38. The van der Waals surface area contributed by atoms with E-state index in [4.69, 9.17) is 6.58 Å². The number of rotatable bonds is 6. The molecule has 0 aromatic rings. The molecular weight excluding hydrogens is 288 g/mol. The zero-order chi connectivity index (χ0) is 17.5. The number of hydrogen-bond donors (Lipinski definition) is 0. The highest BCUT2D eigenvalue weighted by molar-refractivity contribution is 5.31. The van der Waals surface area contributed by atoms with Crippen LogP contribution in [0.25, 0.3) is 0 Å². The first-order valence-electron chi connectivity index (χ1n) is 10.3. The topological polar surface area (TPSA) is 0 Å². The lowest BCUT2D eigenvalue weighted by Gasteiger charge is -2.42. The van der Waals surface area contributed by atoms with Gasteiger partial charge < -0.3 is 0 Å². The summed E-state index contributed by atoms with van der Waals surface area (Å²) in [6, 6.07) is 0. The molecule has 5 atom stereocenters. The second-order valence-corrected chi connectivity index (χ2v) is 10.0. The van der Waals surface area contributed by atoms with E-state index in [0.717, 1.165) is 30.1 Å². The van der Waals surface area contributed by atoms with Gasteiger partial charge >= 0.3 is 0 Å². The highest BCUT2D eigenvalue weighted by Crippen LogP contribution is 2.53. The molecule has 0 aromatic heterocycles. The third-order valence-electron chi connectivity index (χ3n) is 7.18. The van der Waals surface area contributed by atoms with Crippen LogP contribution in [0.15, 0.2) is 36.0 Å². The minimum atomic E-state index is 0.510. The van der Waals surface area contributed by atoms with E-state index in [1.54, 1.807) is 11.1 Å². The van der Waals surface area contributed by atoms with Gasteiger partial charge in [0.15, 0.2) is 0 Å². The fourth-order valence-corrected chi connectivity index (χ4v) is 5.92. The van der Waals surface area contributed by atoms with Crippen molar-refractivity contribution in [2.24, 2.45) is 35.0 Å². The third kappa shape index (κ3) is 3.89. The van der Waals surface area contributed by atoms with Gasteiger partial charge in [-0.05, 0) is 86.9 Å². The Morgan fingerprint density at radius 2 is 1.96 bits per heavy atom. The highest BCUT2D eigenvalue weighted by Gasteiger charge is 2.43. The number of hydrogen-bond acceptors (Lipinski definition) is 0. The Morgan fingerprint density at radius 1 is 1.25 bits per heavy atom. The molecule has 0 heteroatoms. The van der Waals surface area contributed by atoms with Gasteiger partial charge in [0.25, 0.3) is 0 Å². The van der Waals surface area contributed by atoms with Crippen molar-refractivity contribution in [1.29, 1.82) is 0 Å². The Bertz CT molecular complexity index is 532. The predicted molar refractivity (Wildman–Crippen MR) is 106 cm³/mol. The summed E-state index contributed by atoms with van der Waals surface area (Å²) in [4.78, 5) is 0. The first-order valence-corrected chi connectivity index (χ1v) is 10.3. The molecule has 2 saturated carbocycles. The fraction of sp³-hybridized carbons (Fsp3) is 0.750. The van der Waals surface area contributed by atoms with Crippen LogP contribution in [0.1, 0.15) is 79.1 Å². The average Bonchev–Trinajstić information content (AvgIpc) is 3.26. The molecule has 0 aromatic carbocycles. The molecule has 0 aliphatic heterocycles. The fourth-order valence-electron chi connectivity index (χ4n) is 5.92. The highest BCUT2D eigenvalue weighted by atomic mass is 14.5. The van der Waals surface area contributed by atoms with Crippen LogP contribution < -0.4 is 0 Å². The van der Waals surface area contributed by atoms with E-state index in [2.05, 4.69) is 40.3 Å². The zero-order valence-corrected chi connectivity index (χ0v) is 16.5. The minimum Gasteiger partial charge on any atom is -0.100 e. The van der Waals surface area contributed by atoms with Gasteiger partial charge in [0.05, 0.1) is 0 Å². The molecule has 0 nitrogen and oxygen atoms in total. The van der Waals surface area contributed by atoms with Gasteiger partial charge in [-0.2, -0.15) is 0 Å². The van der Waals surface area contributed by atoms with Crippen molar-refractivity contribution in [3.05, 3.63) is 36.0 Å². The van der Waals surface area contributed by atoms with E-state index in [1.165, 1.54) is 50.5 Å². The molecule has 0 heterocycles. The van der Waals surface area contributed by atoms with Crippen LogP contribution in [0.2, 0.25) is 0 Å². The van der Waals surface area contributed by atoms with Crippen molar-refractivity contribution in [2.75, 3.05) is 0 Å². The summed E-state index contributed by atoms with van der Waals surface area (Å²) in [6.07, 6.45) is 13.2. The quantitative estimate of drug-likeness (QED) is 0.448. The zero-order valence-electron chi connectivity index (χ0n) is 16.5.